The second kappa shape index (κ2) is 8.91. The number of hydrogen-bond acceptors (Lipinski definition) is 3. The standard InChI is InChI=1S/C23H26FNO3S/c1-17(2)20-8-3-19(4-9-20)15-25(22-13-14-29(27,28)16-22)23(26)12-7-18-5-10-21(24)11-6-18/h3-12,17,22H,13-16H2,1-2H3/b12-7+. The van der Waals surface area contributed by atoms with Gasteiger partial charge < -0.3 is 4.90 Å². The van der Waals surface area contributed by atoms with E-state index < -0.39 is 9.84 Å². The highest BCUT2D eigenvalue weighted by molar-refractivity contribution is 7.91. The first-order valence-electron chi connectivity index (χ1n) is 9.77. The minimum Gasteiger partial charge on any atom is -0.331 e. The lowest BCUT2D eigenvalue weighted by Gasteiger charge is -2.27. The van der Waals surface area contributed by atoms with Gasteiger partial charge in [0, 0.05) is 18.7 Å². The van der Waals surface area contributed by atoms with E-state index in [0.717, 1.165) is 5.56 Å². The Balaban J connectivity index is 1.80. The first-order valence-corrected chi connectivity index (χ1v) is 11.6. The molecule has 1 amide bonds. The number of benzene rings is 2. The zero-order valence-corrected chi connectivity index (χ0v) is 17.5. The minimum atomic E-state index is -3.12. The average molecular weight is 416 g/mol. The lowest BCUT2D eigenvalue weighted by Crippen LogP contribution is -2.39. The van der Waals surface area contributed by atoms with Gasteiger partial charge in [0.15, 0.2) is 9.84 Å². The topological polar surface area (TPSA) is 54.5 Å². The number of halogens is 1. The molecule has 1 fully saturated rings. The van der Waals surface area contributed by atoms with E-state index in [9.17, 15) is 17.6 Å². The summed E-state index contributed by atoms with van der Waals surface area (Å²) < 4.78 is 37.0. The molecule has 1 atom stereocenters. The largest absolute Gasteiger partial charge is 0.331 e. The molecule has 29 heavy (non-hydrogen) atoms. The van der Waals surface area contributed by atoms with Crippen molar-refractivity contribution in [1.29, 1.82) is 0 Å². The summed E-state index contributed by atoms with van der Waals surface area (Å²) in [5.41, 5.74) is 2.88. The van der Waals surface area contributed by atoms with Gasteiger partial charge in [-0.2, -0.15) is 0 Å². The van der Waals surface area contributed by atoms with Crippen molar-refractivity contribution in [3.63, 3.8) is 0 Å². The smallest absolute Gasteiger partial charge is 0.247 e. The van der Waals surface area contributed by atoms with Crippen LogP contribution < -0.4 is 0 Å². The second-order valence-electron chi connectivity index (χ2n) is 7.80. The van der Waals surface area contributed by atoms with Gasteiger partial charge in [-0.15, -0.1) is 0 Å². The molecule has 1 unspecified atom stereocenters. The normalized spacial score (nSPS) is 18.4. The number of nitrogens with zero attached hydrogens (tertiary/aromatic N) is 1. The lowest BCUT2D eigenvalue weighted by atomic mass is 10.0. The van der Waals surface area contributed by atoms with Gasteiger partial charge in [-0.3, -0.25) is 4.79 Å². The summed E-state index contributed by atoms with van der Waals surface area (Å²) in [6.45, 7) is 4.59. The molecule has 1 saturated heterocycles. The summed E-state index contributed by atoms with van der Waals surface area (Å²) in [6, 6.07) is 13.6. The number of rotatable bonds is 6. The summed E-state index contributed by atoms with van der Waals surface area (Å²) >= 11 is 0. The van der Waals surface area contributed by atoms with E-state index in [1.165, 1.54) is 23.8 Å². The maximum atomic E-state index is 13.1. The Morgan fingerprint density at radius 3 is 2.34 bits per heavy atom. The first-order chi connectivity index (χ1) is 13.7. The Kier molecular flexibility index (Phi) is 6.52. The molecule has 0 aromatic heterocycles. The molecule has 1 aliphatic heterocycles. The van der Waals surface area contributed by atoms with E-state index in [2.05, 4.69) is 13.8 Å². The third kappa shape index (κ3) is 5.76. The van der Waals surface area contributed by atoms with Gasteiger partial charge in [-0.25, -0.2) is 12.8 Å². The van der Waals surface area contributed by atoms with E-state index in [1.807, 2.05) is 24.3 Å². The number of sulfone groups is 1. The van der Waals surface area contributed by atoms with Crippen molar-refractivity contribution in [2.45, 2.75) is 38.8 Å². The number of amides is 1. The fourth-order valence-electron chi connectivity index (χ4n) is 3.45. The predicted molar refractivity (Wildman–Crippen MR) is 114 cm³/mol. The van der Waals surface area contributed by atoms with Gasteiger partial charge in [-0.05, 0) is 47.2 Å². The Labute approximate surface area is 172 Å². The van der Waals surface area contributed by atoms with Crippen LogP contribution in [0.1, 0.15) is 42.9 Å². The molecule has 0 bridgehead atoms. The van der Waals surface area contributed by atoms with Crippen LogP contribution in [0.4, 0.5) is 4.39 Å². The molecule has 154 valence electrons. The van der Waals surface area contributed by atoms with Crippen molar-refractivity contribution in [2.75, 3.05) is 11.5 Å². The van der Waals surface area contributed by atoms with Crippen molar-refractivity contribution < 1.29 is 17.6 Å². The molecule has 2 aromatic rings. The summed E-state index contributed by atoms with van der Waals surface area (Å²) in [5, 5.41) is 0. The summed E-state index contributed by atoms with van der Waals surface area (Å²) in [7, 11) is -3.12. The van der Waals surface area contributed by atoms with Crippen LogP contribution in [0, 0.1) is 5.82 Å². The van der Waals surface area contributed by atoms with Crippen molar-refractivity contribution in [2.24, 2.45) is 0 Å². The monoisotopic (exact) mass is 415 g/mol. The van der Waals surface area contributed by atoms with Crippen molar-refractivity contribution in [1.82, 2.24) is 4.90 Å². The zero-order valence-electron chi connectivity index (χ0n) is 16.7. The SMILES string of the molecule is CC(C)c1ccc(CN(C(=O)/C=C/c2ccc(F)cc2)C2CCS(=O)(=O)C2)cc1. The molecule has 4 nitrogen and oxygen atoms in total. The van der Waals surface area contributed by atoms with Gasteiger partial charge in [0.05, 0.1) is 11.5 Å². The van der Waals surface area contributed by atoms with Gasteiger partial charge in [-0.1, -0.05) is 50.2 Å². The molecule has 0 spiro atoms. The molecule has 0 aliphatic carbocycles. The van der Waals surface area contributed by atoms with Crippen LogP contribution in [0.3, 0.4) is 0 Å². The quantitative estimate of drug-likeness (QED) is 0.665. The third-order valence-electron chi connectivity index (χ3n) is 5.22. The second-order valence-corrected chi connectivity index (χ2v) is 10.0. The fourth-order valence-corrected chi connectivity index (χ4v) is 5.18. The van der Waals surface area contributed by atoms with Crippen LogP contribution in [0.5, 0.6) is 0 Å². The highest BCUT2D eigenvalue weighted by Crippen LogP contribution is 2.22. The van der Waals surface area contributed by atoms with Crippen molar-refractivity contribution in [3.8, 4) is 0 Å². The van der Waals surface area contributed by atoms with Crippen LogP contribution in [0.15, 0.2) is 54.6 Å². The molecule has 2 aromatic carbocycles. The molecular formula is C23H26FNO3S. The van der Waals surface area contributed by atoms with Gasteiger partial charge in [0.25, 0.3) is 0 Å². The molecule has 1 aliphatic rings. The molecule has 1 heterocycles. The minimum absolute atomic E-state index is 0.00674. The number of carbonyl (C=O) groups excluding carboxylic acids is 1. The molecule has 0 N–H and O–H groups in total. The molecule has 0 radical (unpaired) electrons. The molecular weight excluding hydrogens is 389 g/mol. The number of carbonyl (C=O) groups is 1. The summed E-state index contributed by atoms with van der Waals surface area (Å²) in [4.78, 5) is 14.6. The predicted octanol–water partition coefficient (Wildman–Crippen LogP) is 4.18. The van der Waals surface area contributed by atoms with Crippen LogP contribution in [-0.4, -0.2) is 36.8 Å². The van der Waals surface area contributed by atoms with E-state index in [0.29, 0.717) is 24.4 Å². The summed E-state index contributed by atoms with van der Waals surface area (Å²) in [5.74, 6) is -0.0660. The Morgan fingerprint density at radius 2 is 1.79 bits per heavy atom. The summed E-state index contributed by atoms with van der Waals surface area (Å²) in [6.07, 6.45) is 3.50. The van der Waals surface area contributed by atoms with Crippen LogP contribution in [0.2, 0.25) is 0 Å². The van der Waals surface area contributed by atoms with Crippen molar-refractivity contribution in [3.05, 3.63) is 77.1 Å². The number of hydrogen-bond donors (Lipinski definition) is 0. The van der Waals surface area contributed by atoms with Crippen LogP contribution in [-0.2, 0) is 21.2 Å². The molecule has 6 heteroatoms. The zero-order chi connectivity index (χ0) is 21.0. The molecule has 3 rings (SSSR count). The van der Waals surface area contributed by atoms with Crippen molar-refractivity contribution >= 4 is 21.8 Å². The fraction of sp³-hybridized carbons (Fsp3) is 0.348. The highest BCUT2D eigenvalue weighted by Gasteiger charge is 2.34. The van der Waals surface area contributed by atoms with Crippen LogP contribution >= 0.6 is 0 Å². The Morgan fingerprint density at radius 1 is 1.14 bits per heavy atom. The van der Waals surface area contributed by atoms with E-state index in [-0.39, 0.29) is 29.3 Å². The lowest BCUT2D eigenvalue weighted by molar-refractivity contribution is -0.128. The van der Waals surface area contributed by atoms with Crippen LogP contribution in [0.25, 0.3) is 6.08 Å². The average Bonchev–Trinajstić information content (AvgIpc) is 3.05. The maximum Gasteiger partial charge on any atom is 0.247 e. The van der Waals surface area contributed by atoms with Gasteiger partial charge >= 0.3 is 0 Å². The van der Waals surface area contributed by atoms with Gasteiger partial charge in [0.2, 0.25) is 5.91 Å². The molecule has 0 saturated carbocycles. The Hall–Kier alpha value is -2.47. The highest BCUT2D eigenvalue weighted by atomic mass is 32.2. The van der Waals surface area contributed by atoms with Gasteiger partial charge in [0.1, 0.15) is 5.82 Å². The first kappa shape index (κ1) is 21.2. The Bertz CT molecular complexity index is 980. The van der Waals surface area contributed by atoms with E-state index in [4.69, 9.17) is 0 Å². The third-order valence-corrected chi connectivity index (χ3v) is 6.97. The van der Waals surface area contributed by atoms with E-state index in [1.54, 1.807) is 23.1 Å². The van der Waals surface area contributed by atoms with E-state index >= 15 is 0 Å². The maximum absolute atomic E-state index is 13.1.